The van der Waals surface area contributed by atoms with Crippen LogP contribution in [0.2, 0.25) is 0 Å². The number of amides is 1. The molecule has 0 aliphatic carbocycles. The molecule has 1 aliphatic rings. The van der Waals surface area contributed by atoms with Gasteiger partial charge in [-0.2, -0.15) is 18.3 Å². The number of rotatable bonds is 2. The molecule has 1 amide bonds. The third-order valence-electron chi connectivity index (χ3n) is 3.22. The van der Waals surface area contributed by atoms with Crippen molar-refractivity contribution in [3.8, 4) is 11.3 Å². The molecule has 0 radical (unpaired) electrons. The van der Waals surface area contributed by atoms with E-state index in [4.69, 9.17) is 4.74 Å². The molecule has 0 spiro atoms. The van der Waals surface area contributed by atoms with E-state index in [1.54, 1.807) is 12.1 Å². The van der Waals surface area contributed by atoms with Gasteiger partial charge in [-0.05, 0) is 18.2 Å². The second-order valence-corrected chi connectivity index (χ2v) is 4.72. The molecule has 23 heavy (non-hydrogen) atoms. The number of hydrogen-bond acceptors (Lipinski definition) is 4. The van der Waals surface area contributed by atoms with E-state index in [2.05, 4.69) is 15.5 Å². The van der Waals surface area contributed by atoms with E-state index in [0.717, 1.165) is 6.07 Å². The minimum atomic E-state index is -4.55. The van der Waals surface area contributed by atoms with Crippen molar-refractivity contribution in [1.82, 2.24) is 10.4 Å². The molecule has 3 rings (SSSR count). The first-order chi connectivity index (χ1) is 10.9. The number of carbonyl (C=O) groups excluding carboxylic acids is 1. The topological polar surface area (TPSA) is 63.6 Å². The van der Waals surface area contributed by atoms with Crippen LogP contribution < -0.4 is 5.43 Å². The van der Waals surface area contributed by atoms with Gasteiger partial charge in [-0.25, -0.2) is 10.2 Å². The summed E-state index contributed by atoms with van der Waals surface area (Å²) in [5.41, 5.74) is 1.87. The Kier molecular flexibility index (Phi) is 3.73. The number of halogens is 3. The Morgan fingerprint density at radius 3 is 2.61 bits per heavy atom. The first-order valence-corrected chi connectivity index (χ1v) is 6.57. The summed E-state index contributed by atoms with van der Waals surface area (Å²) in [7, 11) is 0. The summed E-state index contributed by atoms with van der Waals surface area (Å²) in [6, 6.07) is 8.54. The van der Waals surface area contributed by atoms with Gasteiger partial charge in [0.2, 0.25) is 0 Å². The van der Waals surface area contributed by atoms with Gasteiger partial charge in [-0.15, -0.1) is 0 Å². The van der Waals surface area contributed by atoms with E-state index in [1.807, 2.05) is 0 Å². The molecule has 0 atom stereocenters. The Balaban J connectivity index is 2.08. The predicted molar refractivity (Wildman–Crippen MR) is 75.7 cm³/mol. The van der Waals surface area contributed by atoms with Crippen molar-refractivity contribution in [2.45, 2.75) is 6.18 Å². The standard InChI is InChI=1S/C15H10F3N3O2/c16-15(17,18)11-7-9(13-8-23-14(22)21-20-13)4-5-10(11)12-3-1-2-6-19-12/h1-7H,8H2,(H,21,22). The lowest BCUT2D eigenvalue weighted by atomic mass is 9.98. The van der Waals surface area contributed by atoms with Crippen LogP contribution in [-0.4, -0.2) is 23.4 Å². The van der Waals surface area contributed by atoms with Gasteiger partial charge < -0.3 is 4.74 Å². The molecule has 0 fully saturated rings. The average Bonchev–Trinajstić information content (AvgIpc) is 2.55. The molecule has 0 saturated carbocycles. The van der Waals surface area contributed by atoms with Crippen molar-refractivity contribution >= 4 is 11.8 Å². The quantitative estimate of drug-likeness (QED) is 0.924. The second-order valence-electron chi connectivity index (χ2n) is 4.72. The Hall–Kier alpha value is -2.90. The van der Waals surface area contributed by atoms with Crippen molar-refractivity contribution in [3.63, 3.8) is 0 Å². The lowest BCUT2D eigenvalue weighted by molar-refractivity contribution is -0.137. The van der Waals surface area contributed by atoms with Crippen LogP contribution in [0.4, 0.5) is 18.0 Å². The number of carbonyl (C=O) groups is 1. The number of nitrogens with zero attached hydrogens (tertiary/aromatic N) is 2. The summed E-state index contributed by atoms with van der Waals surface area (Å²) in [4.78, 5) is 14.8. The van der Waals surface area contributed by atoms with Crippen LogP contribution in [0.15, 0.2) is 47.7 Å². The van der Waals surface area contributed by atoms with Crippen molar-refractivity contribution < 1.29 is 22.7 Å². The van der Waals surface area contributed by atoms with Gasteiger partial charge in [0.1, 0.15) is 12.3 Å². The Morgan fingerprint density at radius 1 is 1.17 bits per heavy atom. The lowest BCUT2D eigenvalue weighted by Crippen LogP contribution is -2.30. The number of nitrogens with one attached hydrogen (secondary N) is 1. The fourth-order valence-electron chi connectivity index (χ4n) is 2.16. The molecule has 2 heterocycles. The normalized spacial score (nSPS) is 14.7. The molecule has 8 heteroatoms. The Morgan fingerprint density at radius 2 is 2.00 bits per heavy atom. The first-order valence-electron chi connectivity index (χ1n) is 6.57. The van der Waals surface area contributed by atoms with Gasteiger partial charge in [-0.1, -0.05) is 18.2 Å². The van der Waals surface area contributed by atoms with E-state index >= 15 is 0 Å². The maximum atomic E-state index is 13.4. The van der Waals surface area contributed by atoms with Crippen LogP contribution in [0, 0.1) is 0 Å². The highest BCUT2D eigenvalue weighted by Crippen LogP contribution is 2.37. The number of hydrogen-bond donors (Lipinski definition) is 1. The second kappa shape index (κ2) is 5.71. The number of hydrazone groups is 1. The van der Waals surface area contributed by atoms with Crippen LogP contribution >= 0.6 is 0 Å². The summed E-state index contributed by atoms with van der Waals surface area (Å²) >= 11 is 0. The van der Waals surface area contributed by atoms with Gasteiger partial charge in [0.25, 0.3) is 0 Å². The molecule has 1 aliphatic heterocycles. The smallest absolute Gasteiger partial charge is 0.428 e. The van der Waals surface area contributed by atoms with Gasteiger partial charge in [0.05, 0.1) is 11.3 Å². The number of cyclic esters (lactones) is 1. The summed E-state index contributed by atoms with van der Waals surface area (Å²) in [5, 5.41) is 3.72. The third-order valence-corrected chi connectivity index (χ3v) is 3.22. The molecule has 5 nitrogen and oxygen atoms in total. The molecule has 1 N–H and O–H groups in total. The fraction of sp³-hybridized carbons (Fsp3) is 0.133. The minimum absolute atomic E-state index is 0.0248. The number of benzene rings is 1. The van der Waals surface area contributed by atoms with E-state index < -0.39 is 17.8 Å². The maximum absolute atomic E-state index is 13.4. The molecule has 1 aromatic heterocycles. The summed E-state index contributed by atoms with van der Waals surface area (Å²) in [6.45, 7) is -0.188. The first kappa shape index (κ1) is 15.0. The number of pyridine rings is 1. The van der Waals surface area contributed by atoms with Crippen LogP contribution in [0.5, 0.6) is 0 Å². The van der Waals surface area contributed by atoms with Crippen molar-refractivity contribution in [2.75, 3.05) is 6.61 Å². The average molecular weight is 321 g/mol. The van der Waals surface area contributed by atoms with Gasteiger partial charge in [-0.3, -0.25) is 4.98 Å². The van der Waals surface area contributed by atoms with E-state index in [-0.39, 0.29) is 29.1 Å². The number of ether oxygens (including phenoxy) is 1. The van der Waals surface area contributed by atoms with Crippen molar-refractivity contribution in [3.05, 3.63) is 53.7 Å². The molecule has 0 unspecified atom stereocenters. The molecule has 0 bridgehead atoms. The van der Waals surface area contributed by atoms with Gasteiger partial charge in [0, 0.05) is 17.3 Å². The lowest BCUT2D eigenvalue weighted by Gasteiger charge is -2.17. The van der Waals surface area contributed by atoms with Crippen LogP contribution in [0.1, 0.15) is 11.1 Å². The highest BCUT2D eigenvalue weighted by Gasteiger charge is 2.34. The van der Waals surface area contributed by atoms with Gasteiger partial charge >= 0.3 is 12.3 Å². The zero-order valence-corrected chi connectivity index (χ0v) is 11.6. The van der Waals surface area contributed by atoms with E-state index in [0.29, 0.717) is 0 Å². The third kappa shape index (κ3) is 3.15. The van der Waals surface area contributed by atoms with Crippen LogP contribution in [-0.2, 0) is 10.9 Å². The predicted octanol–water partition coefficient (Wildman–Crippen LogP) is 3.21. The minimum Gasteiger partial charge on any atom is -0.442 e. The molecule has 1 aromatic carbocycles. The maximum Gasteiger partial charge on any atom is 0.428 e. The summed E-state index contributed by atoms with van der Waals surface area (Å²) in [5.74, 6) is 0. The van der Waals surface area contributed by atoms with Crippen LogP contribution in [0.25, 0.3) is 11.3 Å². The molecular formula is C15H10F3N3O2. The summed E-state index contributed by atoms with van der Waals surface area (Å²) in [6.07, 6.45) is -3.87. The summed E-state index contributed by atoms with van der Waals surface area (Å²) < 4.78 is 44.8. The highest BCUT2D eigenvalue weighted by molar-refractivity contribution is 6.04. The van der Waals surface area contributed by atoms with Crippen molar-refractivity contribution in [1.29, 1.82) is 0 Å². The highest BCUT2D eigenvalue weighted by atomic mass is 19.4. The van der Waals surface area contributed by atoms with E-state index in [1.165, 1.54) is 24.4 Å². The SMILES string of the molecule is O=C1NN=C(c2ccc(-c3ccccn3)c(C(F)(F)F)c2)CO1. The largest absolute Gasteiger partial charge is 0.442 e. The Labute approximate surface area is 128 Å². The Bertz CT molecular complexity index is 773. The van der Waals surface area contributed by atoms with Crippen LogP contribution in [0.3, 0.4) is 0 Å². The number of alkyl halides is 3. The monoisotopic (exact) mass is 321 g/mol. The van der Waals surface area contributed by atoms with Gasteiger partial charge in [0.15, 0.2) is 0 Å². The molecular weight excluding hydrogens is 311 g/mol. The molecule has 118 valence electrons. The fourth-order valence-corrected chi connectivity index (χ4v) is 2.16. The molecule has 0 saturated heterocycles. The van der Waals surface area contributed by atoms with Crippen molar-refractivity contribution in [2.24, 2.45) is 5.10 Å². The van der Waals surface area contributed by atoms with E-state index in [9.17, 15) is 18.0 Å². The number of aromatic nitrogens is 1. The molecule has 2 aromatic rings. The zero-order chi connectivity index (χ0) is 16.4. The zero-order valence-electron chi connectivity index (χ0n) is 11.6.